The highest BCUT2D eigenvalue weighted by atomic mass is 16.5. The van der Waals surface area contributed by atoms with Gasteiger partial charge < -0.3 is 14.5 Å². The summed E-state index contributed by atoms with van der Waals surface area (Å²) >= 11 is 0. The number of fused-ring (bicyclic) bond motifs is 1. The van der Waals surface area contributed by atoms with Crippen LogP contribution in [0.15, 0.2) is 89.6 Å². The number of benzene rings is 3. The second kappa shape index (κ2) is 9.56. The topological polar surface area (TPSA) is 51.5 Å². The molecule has 4 heteroatoms. The molecule has 1 heterocycles. The van der Waals surface area contributed by atoms with Crippen LogP contribution in [0.2, 0.25) is 0 Å². The Kier molecular flexibility index (Phi) is 6.41. The zero-order valence-electron chi connectivity index (χ0n) is 18.6. The summed E-state index contributed by atoms with van der Waals surface area (Å²) in [7, 11) is 0. The highest BCUT2D eigenvalue weighted by molar-refractivity contribution is 6.00. The maximum atomic E-state index is 12.7. The van der Waals surface area contributed by atoms with E-state index in [0.717, 1.165) is 38.8 Å². The van der Waals surface area contributed by atoms with Crippen LogP contribution in [-0.2, 0) is 4.79 Å². The van der Waals surface area contributed by atoms with E-state index in [2.05, 4.69) is 17.4 Å². The minimum absolute atomic E-state index is 0.0832. The molecular weight excluding hydrogens is 398 g/mol. The Bertz CT molecular complexity index is 1240. The minimum Gasteiger partial charge on any atom is -0.493 e. The second-order valence-corrected chi connectivity index (χ2v) is 7.76. The van der Waals surface area contributed by atoms with Crippen LogP contribution < -0.4 is 10.1 Å². The SMILES string of the molecule is CCOc1cc2occ(-c3ccccc3)c2cc1/C(C)=C/C(=O)NC(C)c1ccccc1. The van der Waals surface area contributed by atoms with Gasteiger partial charge in [-0.05, 0) is 43.5 Å². The van der Waals surface area contributed by atoms with Gasteiger partial charge in [-0.25, -0.2) is 0 Å². The van der Waals surface area contributed by atoms with Crippen molar-refractivity contribution in [2.75, 3.05) is 6.61 Å². The zero-order valence-corrected chi connectivity index (χ0v) is 18.6. The maximum absolute atomic E-state index is 12.7. The van der Waals surface area contributed by atoms with Crippen molar-refractivity contribution in [1.29, 1.82) is 0 Å². The van der Waals surface area contributed by atoms with Crippen LogP contribution in [-0.4, -0.2) is 12.5 Å². The number of carbonyl (C=O) groups is 1. The molecule has 162 valence electrons. The summed E-state index contributed by atoms with van der Waals surface area (Å²) in [5, 5.41) is 4.03. The van der Waals surface area contributed by atoms with Gasteiger partial charge in [-0.1, -0.05) is 60.7 Å². The van der Waals surface area contributed by atoms with Crippen LogP contribution >= 0.6 is 0 Å². The van der Waals surface area contributed by atoms with Crippen molar-refractivity contribution in [1.82, 2.24) is 5.32 Å². The Morgan fingerprint density at radius 1 is 1.06 bits per heavy atom. The first kappa shape index (κ1) is 21.4. The zero-order chi connectivity index (χ0) is 22.5. The van der Waals surface area contributed by atoms with Crippen molar-refractivity contribution in [2.45, 2.75) is 26.8 Å². The summed E-state index contributed by atoms with van der Waals surface area (Å²) in [5.74, 6) is 0.559. The molecule has 0 spiro atoms. The number of hydrogen-bond acceptors (Lipinski definition) is 3. The van der Waals surface area contributed by atoms with E-state index in [1.54, 1.807) is 12.3 Å². The summed E-state index contributed by atoms with van der Waals surface area (Å²) in [4.78, 5) is 12.7. The van der Waals surface area contributed by atoms with Crippen LogP contribution in [0.5, 0.6) is 5.75 Å². The van der Waals surface area contributed by atoms with Gasteiger partial charge in [-0.2, -0.15) is 0 Å². The van der Waals surface area contributed by atoms with Crippen LogP contribution in [0, 0.1) is 0 Å². The number of allylic oxidation sites excluding steroid dienone is 1. The van der Waals surface area contributed by atoms with E-state index in [0.29, 0.717) is 12.4 Å². The van der Waals surface area contributed by atoms with Crippen LogP contribution in [0.25, 0.3) is 27.7 Å². The van der Waals surface area contributed by atoms with Crippen molar-refractivity contribution in [3.8, 4) is 16.9 Å². The fourth-order valence-electron chi connectivity index (χ4n) is 3.83. The monoisotopic (exact) mass is 425 g/mol. The lowest BCUT2D eigenvalue weighted by molar-refractivity contribution is -0.117. The Labute approximate surface area is 188 Å². The molecule has 1 unspecified atom stereocenters. The number of rotatable bonds is 7. The lowest BCUT2D eigenvalue weighted by Crippen LogP contribution is -2.24. The third kappa shape index (κ3) is 4.59. The van der Waals surface area contributed by atoms with Crippen molar-refractivity contribution in [2.24, 2.45) is 0 Å². The summed E-state index contributed by atoms with van der Waals surface area (Å²) < 4.78 is 11.7. The number of hydrogen-bond donors (Lipinski definition) is 1. The number of ether oxygens (including phenoxy) is 1. The predicted octanol–water partition coefficient (Wildman–Crippen LogP) is 6.78. The average molecular weight is 426 g/mol. The van der Waals surface area contributed by atoms with Gasteiger partial charge in [0.25, 0.3) is 0 Å². The van der Waals surface area contributed by atoms with E-state index in [9.17, 15) is 4.79 Å². The Balaban J connectivity index is 1.68. The molecule has 0 aliphatic carbocycles. The van der Waals surface area contributed by atoms with E-state index in [1.807, 2.05) is 81.4 Å². The first-order chi connectivity index (χ1) is 15.6. The van der Waals surface area contributed by atoms with Gasteiger partial charge in [0.2, 0.25) is 5.91 Å². The third-order valence-electron chi connectivity index (χ3n) is 5.49. The highest BCUT2D eigenvalue weighted by Crippen LogP contribution is 2.37. The smallest absolute Gasteiger partial charge is 0.244 e. The Morgan fingerprint density at radius 2 is 1.75 bits per heavy atom. The van der Waals surface area contributed by atoms with E-state index in [1.165, 1.54) is 0 Å². The second-order valence-electron chi connectivity index (χ2n) is 7.76. The largest absolute Gasteiger partial charge is 0.493 e. The van der Waals surface area contributed by atoms with E-state index in [4.69, 9.17) is 9.15 Å². The van der Waals surface area contributed by atoms with Crippen LogP contribution in [0.3, 0.4) is 0 Å². The molecule has 0 saturated heterocycles. The van der Waals surface area contributed by atoms with Gasteiger partial charge in [0.15, 0.2) is 0 Å². The Morgan fingerprint density at radius 3 is 2.44 bits per heavy atom. The molecule has 4 nitrogen and oxygen atoms in total. The molecule has 4 aromatic rings. The number of carbonyl (C=O) groups excluding carboxylic acids is 1. The van der Waals surface area contributed by atoms with Crippen molar-refractivity contribution in [3.63, 3.8) is 0 Å². The lowest BCUT2D eigenvalue weighted by atomic mass is 9.99. The average Bonchev–Trinajstić information content (AvgIpc) is 3.22. The van der Waals surface area contributed by atoms with Gasteiger partial charge in [-0.3, -0.25) is 4.79 Å². The predicted molar refractivity (Wildman–Crippen MR) is 129 cm³/mol. The normalized spacial score (nSPS) is 12.5. The lowest BCUT2D eigenvalue weighted by Gasteiger charge is -2.14. The quantitative estimate of drug-likeness (QED) is 0.332. The molecule has 4 rings (SSSR count). The molecule has 1 aromatic heterocycles. The standard InChI is InChI=1S/C28H27NO3/c1-4-31-26-17-27-24(25(18-32-27)22-13-9-6-10-14-22)16-23(26)19(2)15-28(30)29-20(3)21-11-7-5-8-12-21/h5-18,20H,4H2,1-3H3,(H,29,30)/b19-15+. The molecule has 3 aromatic carbocycles. The van der Waals surface area contributed by atoms with Crippen LogP contribution in [0.4, 0.5) is 0 Å². The molecule has 0 fully saturated rings. The number of nitrogens with one attached hydrogen (secondary N) is 1. The van der Waals surface area contributed by atoms with Gasteiger partial charge in [0.1, 0.15) is 11.3 Å². The molecular formula is C28H27NO3. The van der Waals surface area contributed by atoms with Gasteiger partial charge in [0, 0.05) is 28.7 Å². The molecule has 0 radical (unpaired) electrons. The summed E-state index contributed by atoms with van der Waals surface area (Å²) in [6, 6.07) is 23.9. The van der Waals surface area contributed by atoms with Gasteiger partial charge in [0.05, 0.1) is 18.9 Å². The molecule has 0 saturated carbocycles. The molecule has 0 aliphatic heterocycles. The fraction of sp³-hybridized carbons (Fsp3) is 0.179. The molecule has 0 aliphatic rings. The van der Waals surface area contributed by atoms with Gasteiger partial charge in [-0.15, -0.1) is 0 Å². The maximum Gasteiger partial charge on any atom is 0.244 e. The van der Waals surface area contributed by atoms with Gasteiger partial charge >= 0.3 is 0 Å². The molecule has 1 amide bonds. The summed E-state index contributed by atoms with van der Waals surface area (Å²) in [6.45, 7) is 6.37. The first-order valence-corrected chi connectivity index (χ1v) is 10.8. The molecule has 0 bridgehead atoms. The third-order valence-corrected chi connectivity index (χ3v) is 5.49. The van der Waals surface area contributed by atoms with E-state index >= 15 is 0 Å². The summed E-state index contributed by atoms with van der Waals surface area (Å²) in [5.41, 5.74) is 5.62. The molecule has 1 atom stereocenters. The van der Waals surface area contributed by atoms with E-state index in [-0.39, 0.29) is 11.9 Å². The van der Waals surface area contributed by atoms with Crippen LogP contribution in [0.1, 0.15) is 37.9 Å². The first-order valence-electron chi connectivity index (χ1n) is 10.8. The molecule has 32 heavy (non-hydrogen) atoms. The van der Waals surface area contributed by atoms with E-state index < -0.39 is 0 Å². The van der Waals surface area contributed by atoms with Crippen molar-refractivity contribution >= 4 is 22.4 Å². The van der Waals surface area contributed by atoms with Crippen molar-refractivity contribution < 1.29 is 13.9 Å². The minimum atomic E-state index is -0.142. The Hall–Kier alpha value is -3.79. The summed E-state index contributed by atoms with van der Waals surface area (Å²) in [6.07, 6.45) is 3.40. The number of amides is 1. The highest BCUT2D eigenvalue weighted by Gasteiger charge is 2.16. The van der Waals surface area contributed by atoms with Crippen molar-refractivity contribution in [3.05, 3.63) is 96.3 Å². The number of furan rings is 1. The molecule has 1 N–H and O–H groups in total. The fourth-order valence-corrected chi connectivity index (χ4v) is 3.83.